The number of piperidine rings is 1. The maximum absolute atomic E-state index is 6.42. The van der Waals surface area contributed by atoms with Crippen molar-refractivity contribution >= 4 is 10.9 Å². The van der Waals surface area contributed by atoms with E-state index >= 15 is 0 Å². The number of hydroxylamine groups is 2. The second-order valence-electron chi connectivity index (χ2n) is 9.25. The first-order chi connectivity index (χ1) is 13.4. The van der Waals surface area contributed by atoms with Crippen LogP contribution in [0.15, 0.2) is 54.6 Å². The molecular formula is C25H32N2O. The Morgan fingerprint density at radius 1 is 0.893 bits per heavy atom. The van der Waals surface area contributed by atoms with Crippen LogP contribution in [0.2, 0.25) is 0 Å². The number of rotatable bonds is 5. The Morgan fingerprint density at radius 3 is 2.25 bits per heavy atom. The number of hydrogen-bond donors (Lipinski definition) is 1. The monoisotopic (exact) mass is 376 g/mol. The lowest BCUT2D eigenvalue weighted by Crippen LogP contribution is -2.58. The molecule has 0 amide bonds. The fourth-order valence-corrected chi connectivity index (χ4v) is 4.88. The Labute approximate surface area is 168 Å². The summed E-state index contributed by atoms with van der Waals surface area (Å²) in [6.45, 7) is 9.87. The Bertz CT molecular complexity index is 924. The van der Waals surface area contributed by atoms with Crippen LogP contribution >= 0.6 is 0 Å². The van der Waals surface area contributed by atoms with Crippen LogP contribution in [-0.4, -0.2) is 27.7 Å². The van der Waals surface area contributed by atoms with Gasteiger partial charge in [0.15, 0.2) is 0 Å². The average Bonchev–Trinajstić information content (AvgIpc) is 3.02. The van der Waals surface area contributed by atoms with E-state index in [-0.39, 0.29) is 11.1 Å². The second kappa shape index (κ2) is 7.38. The third-order valence-electron chi connectivity index (χ3n) is 6.10. The maximum atomic E-state index is 6.42. The fourth-order valence-electron chi connectivity index (χ4n) is 4.88. The zero-order valence-electron chi connectivity index (χ0n) is 17.6. The van der Waals surface area contributed by atoms with Crippen molar-refractivity contribution in [3.8, 4) is 11.1 Å². The molecule has 0 atom stereocenters. The first-order valence-electron chi connectivity index (χ1n) is 10.5. The summed E-state index contributed by atoms with van der Waals surface area (Å²) in [6, 6.07) is 19.2. The molecule has 1 aliphatic rings. The minimum absolute atomic E-state index is 0.0739. The molecule has 0 spiro atoms. The highest BCUT2D eigenvalue weighted by Gasteiger charge is 2.42. The van der Waals surface area contributed by atoms with Gasteiger partial charge in [0.05, 0.1) is 6.61 Å². The highest BCUT2D eigenvalue weighted by molar-refractivity contribution is 5.97. The van der Waals surface area contributed by atoms with Gasteiger partial charge in [-0.05, 0) is 58.6 Å². The van der Waals surface area contributed by atoms with Crippen LogP contribution in [0.1, 0.15) is 52.7 Å². The number of para-hydroxylation sites is 1. The van der Waals surface area contributed by atoms with Crippen molar-refractivity contribution in [1.82, 2.24) is 10.0 Å². The third kappa shape index (κ3) is 3.61. The zero-order valence-corrected chi connectivity index (χ0v) is 17.6. The summed E-state index contributed by atoms with van der Waals surface area (Å²) in [5.74, 6) is 0. The summed E-state index contributed by atoms with van der Waals surface area (Å²) >= 11 is 0. The van der Waals surface area contributed by atoms with Gasteiger partial charge in [0.1, 0.15) is 0 Å². The van der Waals surface area contributed by atoms with Gasteiger partial charge >= 0.3 is 0 Å². The van der Waals surface area contributed by atoms with Crippen molar-refractivity contribution in [1.29, 1.82) is 0 Å². The molecule has 2 aromatic carbocycles. The lowest BCUT2D eigenvalue weighted by atomic mass is 9.82. The number of hydrogen-bond acceptors (Lipinski definition) is 2. The van der Waals surface area contributed by atoms with Gasteiger partial charge in [0, 0.05) is 39.7 Å². The molecule has 1 N–H and O–H groups in total. The number of nitrogens with one attached hydrogen (secondary N) is 1. The van der Waals surface area contributed by atoms with Crippen LogP contribution in [0, 0.1) is 0 Å². The first kappa shape index (κ1) is 19.2. The van der Waals surface area contributed by atoms with E-state index in [0.717, 1.165) is 6.42 Å². The van der Waals surface area contributed by atoms with E-state index in [1.165, 1.54) is 47.0 Å². The van der Waals surface area contributed by atoms with Crippen molar-refractivity contribution < 1.29 is 4.84 Å². The van der Waals surface area contributed by atoms with Crippen molar-refractivity contribution in [3.05, 3.63) is 60.3 Å². The largest absolute Gasteiger partial charge is 0.358 e. The number of H-pyrrole nitrogens is 1. The number of benzene rings is 2. The predicted molar refractivity (Wildman–Crippen MR) is 117 cm³/mol. The van der Waals surface area contributed by atoms with Crippen molar-refractivity contribution in [2.45, 2.75) is 64.5 Å². The Kier molecular flexibility index (Phi) is 5.07. The van der Waals surface area contributed by atoms with Crippen LogP contribution < -0.4 is 0 Å². The molecule has 0 radical (unpaired) electrons. The molecule has 4 rings (SSSR count). The molecule has 3 aromatic rings. The summed E-state index contributed by atoms with van der Waals surface area (Å²) in [7, 11) is 0. The van der Waals surface area contributed by atoms with E-state index in [0.29, 0.717) is 6.61 Å². The van der Waals surface area contributed by atoms with Gasteiger partial charge < -0.3 is 4.98 Å². The average molecular weight is 377 g/mol. The van der Waals surface area contributed by atoms with Crippen molar-refractivity contribution in [3.63, 3.8) is 0 Å². The quantitative estimate of drug-likeness (QED) is 0.562. The Hall–Kier alpha value is -2.10. The molecule has 1 aromatic heterocycles. The molecule has 0 saturated carbocycles. The van der Waals surface area contributed by atoms with Crippen LogP contribution in [-0.2, 0) is 11.3 Å². The molecule has 2 heterocycles. The van der Waals surface area contributed by atoms with E-state index in [1.54, 1.807) is 0 Å². The van der Waals surface area contributed by atoms with E-state index in [1.807, 2.05) is 0 Å². The fraction of sp³-hybridized carbons (Fsp3) is 0.440. The Balaban J connectivity index is 1.59. The molecule has 1 saturated heterocycles. The molecule has 3 heteroatoms. The minimum Gasteiger partial charge on any atom is -0.358 e. The summed E-state index contributed by atoms with van der Waals surface area (Å²) in [5.41, 5.74) is 5.15. The number of nitrogens with zero attached hydrogens (tertiary/aromatic N) is 1. The molecule has 0 bridgehead atoms. The summed E-state index contributed by atoms with van der Waals surface area (Å²) in [4.78, 5) is 10.1. The van der Waals surface area contributed by atoms with Gasteiger partial charge in [0.25, 0.3) is 0 Å². The molecule has 28 heavy (non-hydrogen) atoms. The molecule has 1 aliphatic heterocycles. The molecule has 0 aliphatic carbocycles. The van der Waals surface area contributed by atoms with Gasteiger partial charge in [0.2, 0.25) is 0 Å². The van der Waals surface area contributed by atoms with Gasteiger partial charge in [-0.25, -0.2) is 0 Å². The van der Waals surface area contributed by atoms with E-state index in [2.05, 4.69) is 92.3 Å². The van der Waals surface area contributed by atoms with Crippen LogP contribution in [0.3, 0.4) is 0 Å². The minimum atomic E-state index is 0.0739. The molecule has 148 valence electrons. The first-order valence-corrected chi connectivity index (χ1v) is 10.5. The van der Waals surface area contributed by atoms with E-state index < -0.39 is 0 Å². The SMILES string of the molecule is CC1(C)CCCC(C)(C)N1OCCc1[nH]c2ccccc2c1-c1ccccc1. The van der Waals surface area contributed by atoms with Gasteiger partial charge in [-0.15, -0.1) is 0 Å². The van der Waals surface area contributed by atoms with Crippen molar-refractivity contribution in [2.75, 3.05) is 6.61 Å². The molecule has 1 fully saturated rings. The van der Waals surface area contributed by atoms with E-state index in [4.69, 9.17) is 4.84 Å². The molecular weight excluding hydrogens is 344 g/mol. The number of aromatic nitrogens is 1. The Morgan fingerprint density at radius 2 is 1.54 bits per heavy atom. The summed E-state index contributed by atoms with van der Waals surface area (Å²) in [5, 5.41) is 3.54. The topological polar surface area (TPSA) is 28.3 Å². The van der Waals surface area contributed by atoms with Crippen LogP contribution in [0.25, 0.3) is 22.0 Å². The summed E-state index contributed by atoms with van der Waals surface area (Å²) in [6.07, 6.45) is 4.48. The van der Waals surface area contributed by atoms with Crippen molar-refractivity contribution in [2.24, 2.45) is 0 Å². The highest BCUT2D eigenvalue weighted by Crippen LogP contribution is 2.38. The standard InChI is InChI=1S/C25H32N2O/c1-24(2)16-10-17-25(3,4)27(24)28-18-15-22-23(19-11-6-5-7-12-19)20-13-8-9-14-21(20)26-22/h5-9,11-14,26H,10,15-18H2,1-4H3. The maximum Gasteiger partial charge on any atom is 0.0740 e. The van der Waals surface area contributed by atoms with Gasteiger partial charge in [-0.2, -0.15) is 5.06 Å². The smallest absolute Gasteiger partial charge is 0.0740 e. The molecule has 0 unspecified atom stereocenters. The lowest BCUT2D eigenvalue weighted by molar-refractivity contribution is -0.280. The number of fused-ring (bicyclic) bond motifs is 1. The predicted octanol–water partition coefficient (Wildman–Crippen LogP) is 6.35. The normalized spacial score (nSPS) is 19.1. The van der Waals surface area contributed by atoms with Gasteiger partial charge in [-0.1, -0.05) is 48.5 Å². The highest BCUT2D eigenvalue weighted by atomic mass is 16.7. The third-order valence-corrected chi connectivity index (χ3v) is 6.10. The van der Waals surface area contributed by atoms with Gasteiger partial charge in [-0.3, -0.25) is 4.84 Å². The van der Waals surface area contributed by atoms with Crippen LogP contribution in [0.4, 0.5) is 0 Å². The van der Waals surface area contributed by atoms with E-state index in [9.17, 15) is 0 Å². The molecule has 3 nitrogen and oxygen atoms in total. The lowest BCUT2D eigenvalue weighted by Gasteiger charge is -2.51. The number of aromatic amines is 1. The van der Waals surface area contributed by atoms with Crippen LogP contribution in [0.5, 0.6) is 0 Å². The summed E-state index contributed by atoms with van der Waals surface area (Å²) < 4.78 is 0. The zero-order chi connectivity index (χ0) is 19.8. The second-order valence-corrected chi connectivity index (χ2v) is 9.25.